The summed E-state index contributed by atoms with van der Waals surface area (Å²) in [5.74, 6) is -0.444. The number of amides is 3. The topological polar surface area (TPSA) is 71.4 Å². The number of urea groups is 1. The van der Waals surface area contributed by atoms with Crippen LogP contribution in [-0.4, -0.2) is 39.3 Å². The normalized spacial score (nSPS) is 19.5. The standard InChI is InChI=1S/C20H27N3O3/c1-4-11-22-14(2)12-16(15(22)3)17(24)13-23-18(25)20(21-19(23)26)9-7-5-6-8-10-20/h4,12H,1,5-11,13H2,2-3H3,(H,21,26). The predicted octanol–water partition coefficient (Wildman–Crippen LogP) is 3.12. The Kier molecular flexibility index (Phi) is 5.03. The van der Waals surface area contributed by atoms with Crippen molar-refractivity contribution in [1.29, 1.82) is 0 Å². The smallest absolute Gasteiger partial charge is 0.325 e. The second-order valence-electron chi connectivity index (χ2n) is 7.43. The number of hydrogen-bond acceptors (Lipinski definition) is 3. The maximum atomic E-state index is 12.9. The Hall–Kier alpha value is -2.37. The summed E-state index contributed by atoms with van der Waals surface area (Å²) in [4.78, 5) is 39.3. The van der Waals surface area contributed by atoms with Crippen molar-refractivity contribution in [1.82, 2.24) is 14.8 Å². The van der Waals surface area contributed by atoms with Crippen LogP contribution >= 0.6 is 0 Å². The first-order valence-corrected chi connectivity index (χ1v) is 9.34. The zero-order chi connectivity index (χ0) is 18.9. The molecule has 0 unspecified atom stereocenters. The van der Waals surface area contributed by atoms with Crippen molar-refractivity contribution < 1.29 is 14.4 Å². The van der Waals surface area contributed by atoms with Crippen LogP contribution in [0.15, 0.2) is 18.7 Å². The van der Waals surface area contributed by atoms with Gasteiger partial charge in [0.1, 0.15) is 5.54 Å². The Bertz CT molecular complexity index is 755. The molecule has 1 aliphatic heterocycles. The van der Waals surface area contributed by atoms with Crippen molar-refractivity contribution in [3.63, 3.8) is 0 Å². The molecule has 140 valence electrons. The lowest BCUT2D eigenvalue weighted by Crippen LogP contribution is -2.46. The average molecular weight is 357 g/mol. The number of nitrogens with one attached hydrogen (secondary N) is 1. The summed E-state index contributed by atoms with van der Waals surface area (Å²) in [6.45, 7) is 7.97. The number of nitrogens with zero attached hydrogens (tertiary/aromatic N) is 2. The van der Waals surface area contributed by atoms with Crippen molar-refractivity contribution in [3.8, 4) is 0 Å². The third-order valence-corrected chi connectivity index (χ3v) is 5.69. The monoisotopic (exact) mass is 357 g/mol. The molecule has 6 heteroatoms. The minimum atomic E-state index is -0.798. The van der Waals surface area contributed by atoms with Gasteiger partial charge in [0.25, 0.3) is 5.91 Å². The summed E-state index contributed by atoms with van der Waals surface area (Å²) >= 11 is 0. The fourth-order valence-corrected chi connectivity index (χ4v) is 4.21. The van der Waals surface area contributed by atoms with E-state index >= 15 is 0 Å². The number of aromatic nitrogens is 1. The Balaban J connectivity index is 1.79. The first-order chi connectivity index (χ1) is 12.4. The van der Waals surface area contributed by atoms with Gasteiger partial charge in [0.2, 0.25) is 0 Å². The Morgan fingerprint density at radius 1 is 1.23 bits per heavy atom. The van der Waals surface area contributed by atoms with Crippen LogP contribution in [0.3, 0.4) is 0 Å². The number of Topliss-reactive ketones (excluding diaryl/α,β-unsaturated/α-hetero) is 1. The van der Waals surface area contributed by atoms with Crippen molar-refractivity contribution in [3.05, 3.63) is 35.7 Å². The lowest BCUT2D eigenvalue weighted by Gasteiger charge is -2.24. The molecule has 1 saturated carbocycles. The molecular weight excluding hydrogens is 330 g/mol. The van der Waals surface area contributed by atoms with E-state index < -0.39 is 11.6 Å². The molecule has 0 aromatic carbocycles. The Morgan fingerprint density at radius 3 is 2.50 bits per heavy atom. The van der Waals surface area contributed by atoms with Gasteiger partial charge in [-0.05, 0) is 32.8 Å². The molecule has 0 bridgehead atoms. The number of carbonyl (C=O) groups excluding carboxylic acids is 3. The minimum absolute atomic E-state index is 0.204. The van der Waals surface area contributed by atoms with Crippen LogP contribution in [0.25, 0.3) is 0 Å². The van der Waals surface area contributed by atoms with Crippen LogP contribution in [-0.2, 0) is 11.3 Å². The summed E-state index contributed by atoms with van der Waals surface area (Å²) in [5.41, 5.74) is 1.56. The molecule has 1 aromatic rings. The predicted molar refractivity (Wildman–Crippen MR) is 99.1 cm³/mol. The molecule has 1 spiro atoms. The number of carbonyl (C=O) groups is 3. The van der Waals surface area contributed by atoms with Crippen molar-refractivity contribution in [2.45, 2.75) is 64.5 Å². The van der Waals surface area contributed by atoms with E-state index in [4.69, 9.17) is 0 Å². The van der Waals surface area contributed by atoms with E-state index in [-0.39, 0.29) is 18.2 Å². The van der Waals surface area contributed by atoms with Crippen LogP contribution in [0.2, 0.25) is 0 Å². The van der Waals surface area contributed by atoms with Gasteiger partial charge < -0.3 is 9.88 Å². The van der Waals surface area contributed by atoms with E-state index in [1.54, 1.807) is 6.08 Å². The van der Waals surface area contributed by atoms with Crippen LogP contribution in [0.4, 0.5) is 4.79 Å². The van der Waals surface area contributed by atoms with Gasteiger partial charge in [-0.25, -0.2) is 4.79 Å². The van der Waals surface area contributed by atoms with Crippen LogP contribution in [0.1, 0.15) is 60.3 Å². The van der Waals surface area contributed by atoms with Crippen LogP contribution < -0.4 is 5.32 Å². The van der Waals surface area contributed by atoms with Gasteiger partial charge in [-0.3, -0.25) is 14.5 Å². The molecule has 3 rings (SSSR count). The summed E-state index contributed by atoms with van der Waals surface area (Å²) in [6.07, 6.45) is 7.12. The number of imide groups is 1. The maximum absolute atomic E-state index is 12.9. The number of rotatable bonds is 5. The lowest BCUT2D eigenvalue weighted by molar-refractivity contribution is -0.131. The SMILES string of the molecule is C=CCn1c(C)cc(C(=O)CN2C(=O)NC3(CCCCCC3)C2=O)c1C. The first kappa shape index (κ1) is 18.4. The second-order valence-corrected chi connectivity index (χ2v) is 7.43. The van der Waals surface area contributed by atoms with Gasteiger partial charge in [-0.2, -0.15) is 0 Å². The van der Waals surface area contributed by atoms with E-state index in [2.05, 4.69) is 11.9 Å². The Morgan fingerprint density at radius 2 is 1.88 bits per heavy atom. The van der Waals surface area contributed by atoms with E-state index in [0.29, 0.717) is 24.9 Å². The zero-order valence-corrected chi connectivity index (χ0v) is 15.6. The molecular formula is C20H27N3O3. The fraction of sp³-hybridized carbons (Fsp3) is 0.550. The molecule has 3 amide bonds. The average Bonchev–Trinajstić information content (AvgIpc) is 2.90. The third-order valence-electron chi connectivity index (χ3n) is 5.69. The summed E-state index contributed by atoms with van der Waals surface area (Å²) < 4.78 is 2.00. The molecule has 1 aromatic heterocycles. The summed E-state index contributed by atoms with van der Waals surface area (Å²) in [5, 5.41) is 2.88. The molecule has 2 aliphatic rings. The van der Waals surface area contributed by atoms with Gasteiger partial charge >= 0.3 is 6.03 Å². The van der Waals surface area contributed by atoms with Crippen molar-refractivity contribution in [2.24, 2.45) is 0 Å². The van der Waals surface area contributed by atoms with Crippen LogP contribution in [0.5, 0.6) is 0 Å². The highest BCUT2D eigenvalue weighted by Gasteiger charge is 2.51. The highest BCUT2D eigenvalue weighted by molar-refractivity contribution is 6.11. The van der Waals surface area contributed by atoms with Crippen molar-refractivity contribution in [2.75, 3.05) is 6.54 Å². The fourth-order valence-electron chi connectivity index (χ4n) is 4.21. The number of ketones is 1. The lowest BCUT2D eigenvalue weighted by atomic mass is 9.90. The molecule has 0 atom stereocenters. The van der Waals surface area contributed by atoms with Gasteiger partial charge in [-0.1, -0.05) is 31.8 Å². The largest absolute Gasteiger partial charge is 0.345 e. The highest BCUT2D eigenvalue weighted by Crippen LogP contribution is 2.32. The molecule has 26 heavy (non-hydrogen) atoms. The second kappa shape index (κ2) is 7.09. The Labute approximate surface area is 154 Å². The molecule has 0 radical (unpaired) electrons. The van der Waals surface area contributed by atoms with E-state index in [9.17, 15) is 14.4 Å². The highest BCUT2D eigenvalue weighted by atomic mass is 16.2. The van der Waals surface area contributed by atoms with Crippen molar-refractivity contribution >= 4 is 17.7 Å². The molecule has 6 nitrogen and oxygen atoms in total. The molecule has 2 heterocycles. The number of aryl methyl sites for hydroxylation is 1. The molecule has 2 fully saturated rings. The van der Waals surface area contributed by atoms with Gasteiger partial charge in [0.05, 0.1) is 6.54 Å². The number of hydrogen-bond donors (Lipinski definition) is 1. The quantitative estimate of drug-likeness (QED) is 0.500. The van der Waals surface area contributed by atoms with Crippen LogP contribution in [0, 0.1) is 13.8 Å². The van der Waals surface area contributed by atoms with E-state index in [1.165, 1.54) is 0 Å². The minimum Gasteiger partial charge on any atom is -0.345 e. The maximum Gasteiger partial charge on any atom is 0.325 e. The molecule has 1 N–H and O–H groups in total. The van der Waals surface area contributed by atoms with E-state index in [1.807, 2.05) is 24.5 Å². The number of allylic oxidation sites excluding steroid dienone is 1. The zero-order valence-electron chi connectivity index (χ0n) is 15.6. The third kappa shape index (κ3) is 3.08. The van der Waals surface area contributed by atoms with Gasteiger partial charge in [0, 0.05) is 23.5 Å². The summed E-state index contributed by atoms with van der Waals surface area (Å²) in [7, 11) is 0. The molecule has 1 saturated heterocycles. The van der Waals surface area contributed by atoms with Gasteiger partial charge in [-0.15, -0.1) is 6.58 Å². The van der Waals surface area contributed by atoms with E-state index in [0.717, 1.165) is 42.0 Å². The van der Waals surface area contributed by atoms with Gasteiger partial charge in [0.15, 0.2) is 5.78 Å². The molecule has 1 aliphatic carbocycles. The summed E-state index contributed by atoms with van der Waals surface area (Å²) in [6, 6.07) is 1.38. The first-order valence-electron chi connectivity index (χ1n) is 9.34.